The lowest BCUT2D eigenvalue weighted by Gasteiger charge is -2.38. The Bertz CT molecular complexity index is 319. The molecule has 2 atom stereocenters. The van der Waals surface area contributed by atoms with E-state index in [2.05, 4.69) is 13.8 Å². The summed E-state index contributed by atoms with van der Waals surface area (Å²) in [6.07, 6.45) is 2.67. The van der Waals surface area contributed by atoms with Crippen molar-refractivity contribution in [3.05, 3.63) is 0 Å². The molecule has 0 saturated carbocycles. The second-order valence-electron chi connectivity index (χ2n) is 6.09. The van der Waals surface area contributed by atoms with Crippen molar-refractivity contribution in [1.82, 2.24) is 4.90 Å². The summed E-state index contributed by atoms with van der Waals surface area (Å²) in [5.74, 6) is 0.225. The minimum absolute atomic E-state index is 0.00824. The molecule has 1 unspecified atom stereocenters. The lowest BCUT2D eigenvalue weighted by atomic mass is 9.90. The number of rotatable bonds is 2. The molecule has 1 rings (SSSR count). The third-order valence-corrected chi connectivity index (χ3v) is 3.38. The van der Waals surface area contributed by atoms with Crippen molar-refractivity contribution in [3.63, 3.8) is 0 Å². The molecule has 1 aliphatic heterocycles. The van der Waals surface area contributed by atoms with Crippen LogP contribution >= 0.6 is 0 Å². The second-order valence-corrected chi connectivity index (χ2v) is 6.09. The molecule has 0 radical (unpaired) electrons. The number of likely N-dealkylation sites (tertiary alicyclic amines) is 1. The van der Waals surface area contributed by atoms with E-state index in [4.69, 9.17) is 4.74 Å². The number of nitrogens with zero attached hydrogens (tertiary/aromatic N) is 1. The van der Waals surface area contributed by atoms with Crippen LogP contribution in [-0.2, 0) is 9.53 Å². The van der Waals surface area contributed by atoms with Gasteiger partial charge in [-0.15, -0.1) is 0 Å². The van der Waals surface area contributed by atoms with E-state index < -0.39 is 11.7 Å². The van der Waals surface area contributed by atoms with Crippen molar-refractivity contribution in [2.24, 2.45) is 5.92 Å². The van der Waals surface area contributed by atoms with Crippen molar-refractivity contribution >= 4 is 12.0 Å². The van der Waals surface area contributed by atoms with Gasteiger partial charge in [0.25, 0.3) is 0 Å². The van der Waals surface area contributed by atoms with Crippen LogP contribution < -0.4 is 0 Å². The number of hydrogen-bond donors (Lipinski definition) is 0. The molecular weight excluding hydrogens is 230 g/mol. The van der Waals surface area contributed by atoms with E-state index in [0.717, 1.165) is 19.3 Å². The van der Waals surface area contributed by atoms with Crippen LogP contribution in [0.5, 0.6) is 0 Å². The number of amides is 2. The summed E-state index contributed by atoms with van der Waals surface area (Å²) in [5.41, 5.74) is -0.561. The Morgan fingerprint density at radius 2 is 2.11 bits per heavy atom. The highest BCUT2D eigenvalue weighted by Gasteiger charge is 2.37. The highest BCUT2D eigenvalue weighted by Crippen LogP contribution is 2.27. The van der Waals surface area contributed by atoms with Crippen LogP contribution in [0.25, 0.3) is 0 Å². The lowest BCUT2D eigenvalue weighted by Crippen LogP contribution is -2.51. The van der Waals surface area contributed by atoms with Crippen molar-refractivity contribution in [1.29, 1.82) is 0 Å². The summed E-state index contributed by atoms with van der Waals surface area (Å²) in [5, 5.41) is 0. The fraction of sp³-hybridized carbons (Fsp3) is 0.857. The first-order chi connectivity index (χ1) is 8.26. The third-order valence-electron chi connectivity index (χ3n) is 3.38. The second kappa shape index (κ2) is 5.72. The molecule has 2 amide bonds. The Morgan fingerprint density at radius 3 is 2.61 bits per heavy atom. The van der Waals surface area contributed by atoms with E-state index >= 15 is 0 Å². The normalized spacial score (nSPS) is 22.8. The van der Waals surface area contributed by atoms with Gasteiger partial charge in [-0.3, -0.25) is 4.79 Å². The summed E-state index contributed by atoms with van der Waals surface area (Å²) in [7, 11) is 0. The van der Waals surface area contributed by atoms with E-state index in [9.17, 15) is 9.59 Å². The van der Waals surface area contributed by atoms with E-state index in [0.29, 0.717) is 12.3 Å². The quantitative estimate of drug-likeness (QED) is 0.760. The number of carbonyl (C=O) groups excluding carboxylic acids is 2. The zero-order chi connectivity index (χ0) is 13.9. The van der Waals surface area contributed by atoms with E-state index in [-0.39, 0.29) is 11.9 Å². The Balaban J connectivity index is 2.84. The molecule has 1 fully saturated rings. The molecule has 0 spiro atoms. The molecule has 1 aliphatic rings. The van der Waals surface area contributed by atoms with Crippen molar-refractivity contribution in [3.8, 4) is 0 Å². The molecule has 0 aromatic rings. The van der Waals surface area contributed by atoms with Gasteiger partial charge >= 0.3 is 6.09 Å². The third kappa shape index (κ3) is 3.72. The highest BCUT2D eigenvalue weighted by atomic mass is 16.6. The molecule has 4 nitrogen and oxygen atoms in total. The number of carbonyl (C=O) groups is 2. The zero-order valence-electron chi connectivity index (χ0n) is 12.2. The van der Waals surface area contributed by atoms with Gasteiger partial charge in [-0.25, -0.2) is 9.69 Å². The minimum Gasteiger partial charge on any atom is -0.443 e. The van der Waals surface area contributed by atoms with E-state index in [1.807, 2.05) is 20.8 Å². The summed E-state index contributed by atoms with van der Waals surface area (Å²) in [6, 6.07) is -0.00824. The Labute approximate surface area is 110 Å². The van der Waals surface area contributed by atoms with Gasteiger partial charge in [0.15, 0.2) is 0 Å². The molecule has 0 aromatic heterocycles. The van der Waals surface area contributed by atoms with Crippen molar-refractivity contribution in [2.75, 3.05) is 0 Å². The van der Waals surface area contributed by atoms with Crippen LogP contribution in [0.15, 0.2) is 0 Å². The van der Waals surface area contributed by atoms with Crippen LogP contribution in [-0.4, -0.2) is 28.5 Å². The highest BCUT2D eigenvalue weighted by molar-refractivity contribution is 5.93. The fourth-order valence-electron chi connectivity index (χ4n) is 2.26. The maximum atomic E-state index is 12.1. The molecule has 0 aliphatic carbocycles. The van der Waals surface area contributed by atoms with Gasteiger partial charge in [0, 0.05) is 12.5 Å². The standard InChI is InChI=1S/C14H25NO3/c1-6-10(2)11-8-7-9-12(16)15(11)13(17)18-14(3,4)5/h10-11H,6-9H2,1-5H3/t10?,11-/m1/s1. The Kier molecular flexibility index (Phi) is 4.77. The van der Waals surface area contributed by atoms with Crippen LogP contribution in [0, 0.1) is 5.92 Å². The van der Waals surface area contributed by atoms with Gasteiger partial charge in [0.1, 0.15) is 5.60 Å². The maximum absolute atomic E-state index is 12.1. The fourth-order valence-corrected chi connectivity index (χ4v) is 2.26. The lowest BCUT2D eigenvalue weighted by molar-refractivity contribution is -0.136. The van der Waals surface area contributed by atoms with E-state index in [1.54, 1.807) is 0 Å². The molecule has 0 aromatic carbocycles. The maximum Gasteiger partial charge on any atom is 0.417 e. The van der Waals surface area contributed by atoms with E-state index in [1.165, 1.54) is 4.90 Å². The van der Waals surface area contributed by atoms with Gasteiger partial charge in [0.2, 0.25) is 5.91 Å². The van der Waals surface area contributed by atoms with Crippen LogP contribution in [0.1, 0.15) is 60.3 Å². The summed E-state index contributed by atoms with van der Waals surface area (Å²) in [4.78, 5) is 25.5. The smallest absolute Gasteiger partial charge is 0.417 e. The number of imide groups is 1. The SMILES string of the molecule is CCC(C)[C@H]1CCCC(=O)N1C(=O)OC(C)(C)C. The summed E-state index contributed by atoms with van der Waals surface area (Å²) in [6.45, 7) is 9.62. The first kappa shape index (κ1) is 15.0. The van der Waals surface area contributed by atoms with Gasteiger partial charge in [-0.1, -0.05) is 20.3 Å². The van der Waals surface area contributed by atoms with Gasteiger partial charge in [-0.05, 0) is 39.5 Å². The van der Waals surface area contributed by atoms with Crippen LogP contribution in [0.2, 0.25) is 0 Å². The topological polar surface area (TPSA) is 46.6 Å². The van der Waals surface area contributed by atoms with Crippen molar-refractivity contribution in [2.45, 2.75) is 71.9 Å². The van der Waals surface area contributed by atoms with Gasteiger partial charge < -0.3 is 4.74 Å². The number of piperidine rings is 1. The largest absolute Gasteiger partial charge is 0.443 e. The predicted molar refractivity (Wildman–Crippen MR) is 70.2 cm³/mol. The Morgan fingerprint density at radius 1 is 1.50 bits per heavy atom. The number of hydrogen-bond acceptors (Lipinski definition) is 3. The monoisotopic (exact) mass is 255 g/mol. The molecule has 1 heterocycles. The molecule has 4 heteroatoms. The van der Waals surface area contributed by atoms with Gasteiger partial charge in [0.05, 0.1) is 0 Å². The summed E-state index contributed by atoms with van der Waals surface area (Å²) >= 11 is 0. The average Bonchev–Trinajstić information content (AvgIpc) is 2.25. The molecule has 1 saturated heterocycles. The zero-order valence-corrected chi connectivity index (χ0v) is 12.2. The van der Waals surface area contributed by atoms with Crippen LogP contribution in [0.4, 0.5) is 4.79 Å². The Hall–Kier alpha value is -1.06. The predicted octanol–water partition coefficient (Wildman–Crippen LogP) is 3.35. The first-order valence-electron chi connectivity index (χ1n) is 6.81. The first-order valence-corrected chi connectivity index (χ1v) is 6.81. The average molecular weight is 255 g/mol. The molecule has 0 N–H and O–H groups in total. The van der Waals surface area contributed by atoms with Crippen LogP contribution in [0.3, 0.4) is 0 Å². The van der Waals surface area contributed by atoms with Crippen molar-refractivity contribution < 1.29 is 14.3 Å². The van der Waals surface area contributed by atoms with Gasteiger partial charge in [-0.2, -0.15) is 0 Å². The minimum atomic E-state index is -0.561. The molecule has 104 valence electrons. The molecule has 0 bridgehead atoms. The molecular formula is C14H25NO3. The summed E-state index contributed by atoms with van der Waals surface area (Å²) < 4.78 is 5.34. The molecule has 18 heavy (non-hydrogen) atoms. The number of ether oxygens (including phenoxy) is 1.